The molecular weight excluding hydrogens is 318 g/mol. The van der Waals surface area contributed by atoms with Crippen molar-refractivity contribution >= 4 is 15.9 Å². The molecule has 5 nitrogen and oxygen atoms in total. The summed E-state index contributed by atoms with van der Waals surface area (Å²) in [5.74, 6) is 5.71. The number of hydrogen-bond donors (Lipinski definition) is 2. The molecule has 108 valence electrons. The largest absolute Gasteiger partial charge is 0.271 e. The Balaban J connectivity index is 2.29. The highest BCUT2D eigenvalue weighted by Gasteiger charge is 2.19. The molecule has 3 N–H and O–H groups in total. The molecule has 0 aliphatic heterocycles. The number of halogens is 1. The number of rotatable bonds is 5. The maximum Gasteiger partial charge on any atom is 0.0766 e. The van der Waals surface area contributed by atoms with Gasteiger partial charge in [0.05, 0.1) is 27.6 Å². The van der Waals surface area contributed by atoms with Crippen molar-refractivity contribution in [1.29, 1.82) is 0 Å². The Morgan fingerprint density at radius 2 is 2.20 bits per heavy atom. The summed E-state index contributed by atoms with van der Waals surface area (Å²) < 4.78 is 2.97. The molecule has 0 fully saturated rings. The Morgan fingerprint density at radius 1 is 1.45 bits per heavy atom. The van der Waals surface area contributed by atoms with Gasteiger partial charge in [-0.15, -0.1) is 0 Å². The Bertz CT molecular complexity index is 593. The second-order valence-corrected chi connectivity index (χ2v) is 5.60. The van der Waals surface area contributed by atoms with E-state index in [1.165, 1.54) is 0 Å². The summed E-state index contributed by atoms with van der Waals surface area (Å²) in [4.78, 5) is 4.54. The van der Waals surface area contributed by atoms with Crippen LogP contribution in [0.3, 0.4) is 0 Å². The lowest BCUT2D eigenvalue weighted by molar-refractivity contribution is 0.516. The zero-order chi connectivity index (χ0) is 14.7. The summed E-state index contributed by atoms with van der Waals surface area (Å²) in [7, 11) is 1.95. The summed E-state index contributed by atoms with van der Waals surface area (Å²) in [6.45, 7) is 4.07. The van der Waals surface area contributed by atoms with Crippen LogP contribution in [0.25, 0.3) is 0 Å². The molecular formula is C14H20BrN5. The molecule has 1 atom stereocenters. The molecule has 0 spiro atoms. The zero-order valence-electron chi connectivity index (χ0n) is 12.0. The third-order valence-electron chi connectivity index (χ3n) is 3.37. The van der Waals surface area contributed by atoms with E-state index in [9.17, 15) is 0 Å². The highest BCUT2D eigenvalue weighted by Crippen LogP contribution is 2.26. The van der Waals surface area contributed by atoms with E-state index in [4.69, 9.17) is 5.84 Å². The van der Waals surface area contributed by atoms with Crippen LogP contribution in [0.2, 0.25) is 0 Å². The van der Waals surface area contributed by atoms with Crippen LogP contribution in [0.5, 0.6) is 0 Å². The second kappa shape index (κ2) is 6.47. The van der Waals surface area contributed by atoms with Gasteiger partial charge in [-0.1, -0.05) is 13.0 Å². The number of pyridine rings is 1. The molecule has 6 heteroatoms. The number of nitrogens with two attached hydrogens (primary N) is 1. The average molecular weight is 338 g/mol. The van der Waals surface area contributed by atoms with Gasteiger partial charge in [0.15, 0.2) is 0 Å². The summed E-state index contributed by atoms with van der Waals surface area (Å²) in [6.07, 6.45) is 1.63. The standard InChI is InChI=1S/C14H20BrN5/c1-4-10-14(15)13(20(3)19-10)8-12(18-16)11-7-5-6-9(2)17-11/h5-7,12,18H,4,8,16H2,1-3H3. The first-order chi connectivity index (χ1) is 9.56. The fourth-order valence-corrected chi connectivity index (χ4v) is 3.02. The normalized spacial score (nSPS) is 12.7. The van der Waals surface area contributed by atoms with E-state index in [0.29, 0.717) is 0 Å². The molecule has 2 aromatic rings. The van der Waals surface area contributed by atoms with Gasteiger partial charge in [-0.05, 0) is 41.4 Å². The van der Waals surface area contributed by atoms with Crippen molar-refractivity contribution in [3.8, 4) is 0 Å². The Morgan fingerprint density at radius 3 is 2.75 bits per heavy atom. The van der Waals surface area contributed by atoms with Gasteiger partial charge in [0, 0.05) is 19.2 Å². The van der Waals surface area contributed by atoms with Crippen LogP contribution >= 0.6 is 15.9 Å². The van der Waals surface area contributed by atoms with Crippen LogP contribution in [0, 0.1) is 6.92 Å². The Kier molecular flexibility index (Phi) is 4.91. The van der Waals surface area contributed by atoms with E-state index >= 15 is 0 Å². The molecule has 20 heavy (non-hydrogen) atoms. The van der Waals surface area contributed by atoms with Crippen molar-refractivity contribution in [3.05, 3.63) is 45.4 Å². The lowest BCUT2D eigenvalue weighted by Crippen LogP contribution is -2.31. The highest BCUT2D eigenvalue weighted by atomic mass is 79.9. The molecule has 0 aliphatic carbocycles. The zero-order valence-corrected chi connectivity index (χ0v) is 13.6. The first kappa shape index (κ1) is 15.2. The van der Waals surface area contributed by atoms with Crippen molar-refractivity contribution in [3.63, 3.8) is 0 Å². The number of hydrazine groups is 1. The second-order valence-electron chi connectivity index (χ2n) is 4.81. The van der Waals surface area contributed by atoms with E-state index in [1.54, 1.807) is 0 Å². The lowest BCUT2D eigenvalue weighted by Gasteiger charge is -2.16. The molecule has 0 radical (unpaired) electrons. The summed E-state index contributed by atoms with van der Waals surface area (Å²) >= 11 is 3.63. The number of nitrogens with zero attached hydrogens (tertiary/aromatic N) is 3. The van der Waals surface area contributed by atoms with Crippen molar-refractivity contribution < 1.29 is 0 Å². The Labute approximate surface area is 127 Å². The fraction of sp³-hybridized carbons (Fsp3) is 0.429. The maximum absolute atomic E-state index is 5.71. The minimum atomic E-state index is -0.0358. The van der Waals surface area contributed by atoms with Gasteiger partial charge in [-0.25, -0.2) is 0 Å². The first-order valence-electron chi connectivity index (χ1n) is 6.66. The topological polar surface area (TPSA) is 68.8 Å². The number of aromatic nitrogens is 3. The molecule has 0 aromatic carbocycles. The number of hydrogen-bond acceptors (Lipinski definition) is 4. The van der Waals surface area contributed by atoms with Gasteiger partial charge >= 0.3 is 0 Å². The molecule has 0 bridgehead atoms. The monoisotopic (exact) mass is 337 g/mol. The van der Waals surface area contributed by atoms with E-state index < -0.39 is 0 Å². The van der Waals surface area contributed by atoms with Crippen LogP contribution in [0.1, 0.15) is 35.7 Å². The predicted octanol–water partition coefficient (Wildman–Crippen LogP) is 2.20. The predicted molar refractivity (Wildman–Crippen MR) is 83.0 cm³/mol. The molecule has 1 unspecified atom stereocenters. The van der Waals surface area contributed by atoms with E-state index in [0.717, 1.165) is 40.1 Å². The summed E-state index contributed by atoms with van der Waals surface area (Å²) in [5, 5.41) is 4.51. The Hall–Kier alpha value is -1.24. The summed E-state index contributed by atoms with van der Waals surface area (Å²) in [5.41, 5.74) is 6.97. The number of aryl methyl sites for hydroxylation is 3. The first-order valence-corrected chi connectivity index (χ1v) is 7.46. The summed E-state index contributed by atoms with van der Waals surface area (Å²) in [6, 6.07) is 5.93. The highest BCUT2D eigenvalue weighted by molar-refractivity contribution is 9.10. The van der Waals surface area contributed by atoms with E-state index in [1.807, 2.05) is 36.9 Å². The number of nitrogens with one attached hydrogen (secondary N) is 1. The maximum atomic E-state index is 5.71. The lowest BCUT2D eigenvalue weighted by atomic mass is 10.1. The van der Waals surface area contributed by atoms with Crippen LogP contribution in [-0.4, -0.2) is 14.8 Å². The van der Waals surface area contributed by atoms with Gasteiger partial charge < -0.3 is 0 Å². The third kappa shape index (κ3) is 3.08. The molecule has 0 saturated carbocycles. The van der Waals surface area contributed by atoms with Gasteiger partial charge in [0.25, 0.3) is 0 Å². The molecule has 2 aromatic heterocycles. The van der Waals surface area contributed by atoms with Gasteiger partial charge in [-0.2, -0.15) is 5.10 Å². The molecule has 0 saturated heterocycles. The van der Waals surface area contributed by atoms with Crippen LogP contribution in [0.15, 0.2) is 22.7 Å². The molecule has 0 amide bonds. The van der Waals surface area contributed by atoms with Gasteiger partial charge in [0.1, 0.15) is 0 Å². The fourth-order valence-electron chi connectivity index (χ4n) is 2.24. The van der Waals surface area contributed by atoms with Crippen LogP contribution in [0.4, 0.5) is 0 Å². The molecule has 0 aliphatic rings. The van der Waals surface area contributed by atoms with E-state index in [2.05, 4.69) is 38.4 Å². The minimum absolute atomic E-state index is 0.0358. The van der Waals surface area contributed by atoms with Crippen LogP contribution < -0.4 is 11.3 Å². The minimum Gasteiger partial charge on any atom is -0.271 e. The van der Waals surface area contributed by atoms with Crippen molar-refractivity contribution in [2.45, 2.75) is 32.7 Å². The van der Waals surface area contributed by atoms with Gasteiger partial charge in [0.2, 0.25) is 0 Å². The smallest absolute Gasteiger partial charge is 0.0766 e. The van der Waals surface area contributed by atoms with Crippen LogP contribution in [-0.2, 0) is 19.9 Å². The van der Waals surface area contributed by atoms with Crippen molar-refractivity contribution in [2.75, 3.05) is 0 Å². The SMILES string of the molecule is CCc1nn(C)c(CC(NN)c2cccc(C)n2)c1Br. The van der Waals surface area contributed by atoms with Crippen molar-refractivity contribution in [2.24, 2.45) is 12.9 Å². The van der Waals surface area contributed by atoms with E-state index in [-0.39, 0.29) is 6.04 Å². The molecule has 2 rings (SSSR count). The quantitative estimate of drug-likeness (QED) is 0.648. The van der Waals surface area contributed by atoms with Gasteiger partial charge in [-0.3, -0.25) is 20.9 Å². The molecule has 2 heterocycles. The average Bonchev–Trinajstić information content (AvgIpc) is 2.71. The third-order valence-corrected chi connectivity index (χ3v) is 4.28. The van der Waals surface area contributed by atoms with Crippen molar-refractivity contribution in [1.82, 2.24) is 20.2 Å².